The van der Waals surface area contributed by atoms with Crippen LogP contribution in [0.3, 0.4) is 0 Å². The van der Waals surface area contributed by atoms with Gasteiger partial charge < -0.3 is 14.2 Å². The molecule has 0 heterocycles. The number of hydrogen-bond acceptors (Lipinski definition) is 5. The van der Waals surface area contributed by atoms with Crippen molar-refractivity contribution in [2.24, 2.45) is 0 Å². The van der Waals surface area contributed by atoms with Crippen LogP contribution in [-0.2, 0) is 19.0 Å². The number of alkyl halides is 1. The Morgan fingerprint density at radius 3 is 2.29 bits per heavy atom. The van der Waals surface area contributed by atoms with E-state index in [-0.39, 0.29) is 24.9 Å². The van der Waals surface area contributed by atoms with Crippen LogP contribution in [0.5, 0.6) is 0 Å². The van der Waals surface area contributed by atoms with E-state index in [0.717, 1.165) is 0 Å². The SMILES string of the molecule is C=C(C)C(=O)OCCOC(=O)OCCl. The van der Waals surface area contributed by atoms with Crippen LogP contribution in [0, 0.1) is 0 Å². The van der Waals surface area contributed by atoms with Crippen LogP contribution in [0.4, 0.5) is 4.79 Å². The second-order valence-corrected chi connectivity index (χ2v) is 2.49. The number of esters is 1. The second-order valence-electron chi connectivity index (χ2n) is 2.27. The molecule has 6 heteroatoms. The molecule has 0 N–H and O–H groups in total. The van der Waals surface area contributed by atoms with E-state index in [4.69, 9.17) is 11.6 Å². The lowest BCUT2D eigenvalue weighted by atomic mass is 10.4. The first-order chi connectivity index (χ1) is 6.57. The lowest BCUT2D eigenvalue weighted by molar-refractivity contribution is -0.140. The first kappa shape index (κ1) is 12.8. The Bertz CT molecular complexity index is 226. The van der Waals surface area contributed by atoms with Crippen molar-refractivity contribution in [1.82, 2.24) is 0 Å². The average Bonchev–Trinajstić information content (AvgIpc) is 2.12. The van der Waals surface area contributed by atoms with Crippen LogP contribution in [0.2, 0.25) is 0 Å². The molecule has 0 aromatic heterocycles. The Labute approximate surface area is 86.6 Å². The van der Waals surface area contributed by atoms with E-state index in [1.165, 1.54) is 6.92 Å². The molecule has 0 rings (SSSR count). The van der Waals surface area contributed by atoms with Gasteiger partial charge >= 0.3 is 12.1 Å². The zero-order valence-corrected chi connectivity index (χ0v) is 8.50. The molecule has 0 spiro atoms. The average molecular weight is 223 g/mol. The first-order valence-electron chi connectivity index (χ1n) is 3.76. The minimum absolute atomic E-state index is 0.0386. The van der Waals surface area contributed by atoms with Crippen molar-refractivity contribution < 1.29 is 23.8 Å². The Hall–Kier alpha value is -1.23. The normalized spacial score (nSPS) is 9.00. The molecule has 0 bridgehead atoms. The van der Waals surface area contributed by atoms with Gasteiger partial charge in [-0.15, -0.1) is 0 Å². The number of rotatable bonds is 5. The summed E-state index contributed by atoms with van der Waals surface area (Å²) in [6.45, 7) is 4.78. The number of halogens is 1. The molecular weight excluding hydrogens is 212 g/mol. The van der Waals surface area contributed by atoms with Gasteiger partial charge in [0, 0.05) is 5.57 Å². The van der Waals surface area contributed by atoms with E-state index in [0.29, 0.717) is 0 Å². The first-order valence-corrected chi connectivity index (χ1v) is 4.29. The van der Waals surface area contributed by atoms with Crippen molar-refractivity contribution in [3.63, 3.8) is 0 Å². The molecule has 14 heavy (non-hydrogen) atoms. The standard InChI is InChI=1S/C8H11ClO5/c1-6(2)7(10)12-3-4-13-8(11)14-5-9/h1,3-5H2,2H3. The Balaban J connectivity index is 3.42. The van der Waals surface area contributed by atoms with Gasteiger partial charge in [-0.1, -0.05) is 18.2 Å². The molecule has 0 aromatic carbocycles. The summed E-state index contributed by atoms with van der Waals surface area (Å²) in [5, 5.41) is 0. The van der Waals surface area contributed by atoms with Gasteiger partial charge in [0.2, 0.25) is 0 Å². The van der Waals surface area contributed by atoms with Crippen LogP contribution in [0.25, 0.3) is 0 Å². The molecule has 80 valence electrons. The number of hydrogen-bond donors (Lipinski definition) is 0. The summed E-state index contributed by atoms with van der Waals surface area (Å²) in [6, 6.07) is -0.273. The molecule has 0 aromatic rings. The largest absolute Gasteiger partial charge is 0.509 e. The molecule has 0 aliphatic carbocycles. The highest BCUT2D eigenvalue weighted by atomic mass is 35.5. The lowest BCUT2D eigenvalue weighted by Gasteiger charge is -2.05. The molecule has 0 atom stereocenters. The van der Waals surface area contributed by atoms with Crippen LogP contribution < -0.4 is 0 Å². The molecule has 5 nitrogen and oxygen atoms in total. The maximum absolute atomic E-state index is 10.8. The third kappa shape index (κ3) is 6.30. The van der Waals surface area contributed by atoms with Gasteiger partial charge in [-0.05, 0) is 6.92 Å². The molecule has 0 aliphatic heterocycles. The van der Waals surface area contributed by atoms with Crippen LogP contribution >= 0.6 is 11.6 Å². The van der Waals surface area contributed by atoms with Crippen molar-refractivity contribution in [2.75, 3.05) is 19.3 Å². The van der Waals surface area contributed by atoms with Crippen molar-refractivity contribution in [2.45, 2.75) is 6.92 Å². The predicted molar refractivity (Wildman–Crippen MR) is 48.9 cm³/mol. The molecule has 0 aliphatic rings. The molecule has 0 unspecified atom stereocenters. The summed E-state index contributed by atoms with van der Waals surface area (Å²) in [5.74, 6) is -0.528. The van der Waals surface area contributed by atoms with E-state index in [1.54, 1.807) is 0 Å². The quantitative estimate of drug-likeness (QED) is 0.305. The Morgan fingerprint density at radius 1 is 1.21 bits per heavy atom. The molecule has 0 radical (unpaired) electrons. The highest BCUT2D eigenvalue weighted by molar-refractivity contribution is 6.17. The third-order valence-electron chi connectivity index (χ3n) is 1.06. The molecule has 0 saturated heterocycles. The summed E-state index contributed by atoms with van der Waals surface area (Å²) >= 11 is 5.08. The van der Waals surface area contributed by atoms with Gasteiger partial charge in [-0.25, -0.2) is 9.59 Å². The van der Waals surface area contributed by atoms with Gasteiger partial charge in [-0.3, -0.25) is 0 Å². The Kier molecular flexibility index (Phi) is 6.57. The molecular formula is C8H11ClO5. The van der Waals surface area contributed by atoms with Crippen molar-refractivity contribution >= 4 is 23.7 Å². The Morgan fingerprint density at radius 2 is 1.79 bits per heavy atom. The zero-order valence-electron chi connectivity index (χ0n) is 7.75. The molecule has 0 amide bonds. The maximum Gasteiger partial charge on any atom is 0.509 e. The van der Waals surface area contributed by atoms with Gasteiger partial charge in [0.1, 0.15) is 13.2 Å². The summed E-state index contributed by atoms with van der Waals surface area (Å²) in [7, 11) is 0. The zero-order chi connectivity index (χ0) is 11.0. The number of carbonyl (C=O) groups is 2. The summed E-state index contributed by atoms with van der Waals surface area (Å²) < 4.78 is 13.3. The summed E-state index contributed by atoms with van der Waals surface area (Å²) in [6.07, 6.45) is -0.897. The van der Waals surface area contributed by atoms with E-state index in [1.807, 2.05) is 0 Å². The third-order valence-corrected chi connectivity index (χ3v) is 1.17. The fourth-order valence-electron chi connectivity index (χ4n) is 0.469. The monoisotopic (exact) mass is 222 g/mol. The topological polar surface area (TPSA) is 61.8 Å². The van der Waals surface area contributed by atoms with E-state index in [2.05, 4.69) is 20.8 Å². The minimum atomic E-state index is -0.897. The van der Waals surface area contributed by atoms with E-state index in [9.17, 15) is 9.59 Å². The highest BCUT2D eigenvalue weighted by Gasteiger charge is 2.05. The second kappa shape index (κ2) is 7.20. The van der Waals surface area contributed by atoms with Crippen LogP contribution in [0.15, 0.2) is 12.2 Å². The van der Waals surface area contributed by atoms with Crippen molar-refractivity contribution in [3.05, 3.63) is 12.2 Å². The van der Waals surface area contributed by atoms with Gasteiger partial charge in [0.15, 0.2) is 6.07 Å². The summed E-state index contributed by atoms with van der Waals surface area (Å²) in [4.78, 5) is 21.3. The van der Waals surface area contributed by atoms with E-state index < -0.39 is 12.1 Å². The predicted octanol–water partition coefficient (Wildman–Crippen LogP) is 1.46. The smallest absolute Gasteiger partial charge is 0.459 e. The lowest BCUT2D eigenvalue weighted by Crippen LogP contribution is -2.14. The van der Waals surface area contributed by atoms with Crippen LogP contribution in [0.1, 0.15) is 6.92 Å². The summed E-state index contributed by atoms with van der Waals surface area (Å²) in [5.41, 5.74) is 0.285. The molecule has 0 fully saturated rings. The van der Waals surface area contributed by atoms with Gasteiger partial charge in [0.05, 0.1) is 0 Å². The van der Waals surface area contributed by atoms with Crippen LogP contribution in [-0.4, -0.2) is 31.4 Å². The van der Waals surface area contributed by atoms with Crippen molar-refractivity contribution in [1.29, 1.82) is 0 Å². The molecule has 0 saturated carbocycles. The highest BCUT2D eigenvalue weighted by Crippen LogP contribution is 1.92. The fraction of sp³-hybridized carbons (Fsp3) is 0.500. The fourth-order valence-corrected chi connectivity index (χ4v) is 0.558. The van der Waals surface area contributed by atoms with Gasteiger partial charge in [0.25, 0.3) is 0 Å². The van der Waals surface area contributed by atoms with Gasteiger partial charge in [-0.2, -0.15) is 0 Å². The van der Waals surface area contributed by atoms with E-state index >= 15 is 0 Å². The number of ether oxygens (including phenoxy) is 3. The number of carbonyl (C=O) groups excluding carboxylic acids is 2. The minimum Gasteiger partial charge on any atom is -0.459 e. The van der Waals surface area contributed by atoms with Crippen molar-refractivity contribution in [3.8, 4) is 0 Å². The maximum atomic E-state index is 10.8.